The minimum atomic E-state index is -3.05. The third-order valence-corrected chi connectivity index (χ3v) is 6.62. The molecule has 22 heavy (non-hydrogen) atoms. The number of nitrogens with one attached hydrogen (secondary N) is 1. The topological polar surface area (TPSA) is 83.6 Å². The highest BCUT2D eigenvalue weighted by Crippen LogP contribution is 2.26. The summed E-state index contributed by atoms with van der Waals surface area (Å²) in [6, 6.07) is -0.159. The fraction of sp³-hybridized carbons (Fsp3) is 0.867. The summed E-state index contributed by atoms with van der Waals surface area (Å²) in [6.07, 6.45) is 4.60. The fourth-order valence-corrected chi connectivity index (χ4v) is 5.00. The maximum Gasteiger partial charge on any atom is 0.237 e. The fourth-order valence-electron chi connectivity index (χ4n) is 3.22. The van der Waals surface area contributed by atoms with Crippen molar-refractivity contribution in [1.29, 1.82) is 0 Å². The van der Waals surface area contributed by atoms with Crippen LogP contribution in [0, 0.1) is 5.41 Å². The van der Waals surface area contributed by atoms with Gasteiger partial charge in [-0.05, 0) is 33.1 Å². The molecule has 1 heterocycles. The standard InChI is InChI=1S/C15H26N2O4S/c1-15(2,13(18)16-11-6-4-5-7-11)14(19)17(3)12-8-9-22(20,21)10-12/h11-12H,4-10H2,1-3H3,(H,16,18). The molecule has 0 aromatic heterocycles. The van der Waals surface area contributed by atoms with Crippen LogP contribution in [0.3, 0.4) is 0 Å². The van der Waals surface area contributed by atoms with Crippen LogP contribution < -0.4 is 5.32 Å². The first kappa shape index (κ1) is 17.2. The van der Waals surface area contributed by atoms with E-state index in [9.17, 15) is 18.0 Å². The van der Waals surface area contributed by atoms with Crippen LogP contribution in [0.2, 0.25) is 0 Å². The van der Waals surface area contributed by atoms with E-state index >= 15 is 0 Å². The Hall–Kier alpha value is -1.11. The van der Waals surface area contributed by atoms with Crippen molar-refractivity contribution < 1.29 is 18.0 Å². The van der Waals surface area contributed by atoms with E-state index in [2.05, 4.69) is 5.32 Å². The van der Waals surface area contributed by atoms with Gasteiger partial charge < -0.3 is 10.2 Å². The van der Waals surface area contributed by atoms with Crippen molar-refractivity contribution in [3.8, 4) is 0 Å². The highest BCUT2D eigenvalue weighted by Gasteiger charge is 2.43. The molecule has 1 N–H and O–H groups in total. The van der Waals surface area contributed by atoms with E-state index in [0.29, 0.717) is 6.42 Å². The first-order valence-electron chi connectivity index (χ1n) is 7.92. The molecule has 2 aliphatic rings. The molecule has 6 nitrogen and oxygen atoms in total. The van der Waals surface area contributed by atoms with Crippen molar-refractivity contribution in [3.63, 3.8) is 0 Å². The molecular weight excluding hydrogens is 304 g/mol. The molecule has 1 saturated carbocycles. The minimum Gasteiger partial charge on any atom is -0.352 e. The average Bonchev–Trinajstić information content (AvgIpc) is 3.06. The van der Waals surface area contributed by atoms with Crippen LogP contribution in [0.4, 0.5) is 0 Å². The molecule has 0 aromatic rings. The molecule has 7 heteroatoms. The molecule has 1 aliphatic heterocycles. The van der Waals surface area contributed by atoms with Crippen molar-refractivity contribution in [2.24, 2.45) is 5.41 Å². The summed E-state index contributed by atoms with van der Waals surface area (Å²) < 4.78 is 23.1. The van der Waals surface area contributed by atoms with Crippen LogP contribution >= 0.6 is 0 Å². The summed E-state index contributed by atoms with van der Waals surface area (Å²) in [7, 11) is -1.46. The highest BCUT2D eigenvalue weighted by molar-refractivity contribution is 7.91. The third kappa shape index (κ3) is 3.62. The normalized spacial score (nSPS) is 25.1. The number of carbonyl (C=O) groups is 2. The van der Waals surface area contributed by atoms with Crippen LogP contribution in [-0.4, -0.2) is 55.8 Å². The second kappa shape index (κ2) is 6.18. The van der Waals surface area contributed by atoms with Crippen molar-refractivity contribution in [2.75, 3.05) is 18.6 Å². The summed E-state index contributed by atoms with van der Waals surface area (Å²) in [5.74, 6) is -0.471. The van der Waals surface area contributed by atoms with E-state index in [4.69, 9.17) is 0 Å². The molecular formula is C15H26N2O4S. The van der Waals surface area contributed by atoms with E-state index in [1.54, 1.807) is 20.9 Å². The number of rotatable bonds is 4. The Morgan fingerprint density at radius 3 is 2.23 bits per heavy atom. The summed E-state index contributed by atoms with van der Waals surface area (Å²) in [5.41, 5.74) is -1.18. The number of amides is 2. The summed E-state index contributed by atoms with van der Waals surface area (Å²) in [4.78, 5) is 26.5. The van der Waals surface area contributed by atoms with Crippen LogP contribution in [0.5, 0.6) is 0 Å². The van der Waals surface area contributed by atoms with E-state index in [0.717, 1.165) is 25.7 Å². The molecule has 0 aromatic carbocycles. The monoisotopic (exact) mass is 330 g/mol. The van der Waals surface area contributed by atoms with Crippen molar-refractivity contribution in [3.05, 3.63) is 0 Å². The number of carbonyl (C=O) groups excluding carboxylic acids is 2. The minimum absolute atomic E-state index is 0.00440. The van der Waals surface area contributed by atoms with Gasteiger partial charge >= 0.3 is 0 Å². The van der Waals surface area contributed by atoms with Crippen LogP contribution in [0.25, 0.3) is 0 Å². The van der Waals surface area contributed by atoms with Gasteiger partial charge in [0, 0.05) is 19.1 Å². The van der Waals surface area contributed by atoms with Gasteiger partial charge in [0.2, 0.25) is 11.8 Å². The van der Waals surface area contributed by atoms with Gasteiger partial charge in [-0.3, -0.25) is 9.59 Å². The first-order chi connectivity index (χ1) is 10.1. The molecule has 1 atom stereocenters. The molecule has 0 radical (unpaired) electrons. The van der Waals surface area contributed by atoms with Crippen molar-refractivity contribution >= 4 is 21.7 Å². The first-order valence-corrected chi connectivity index (χ1v) is 9.74. The maximum atomic E-state index is 12.6. The molecule has 126 valence electrons. The molecule has 2 fully saturated rings. The summed E-state index contributed by atoms with van der Waals surface area (Å²) in [6.45, 7) is 3.22. The summed E-state index contributed by atoms with van der Waals surface area (Å²) in [5, 5.41) is 2.96. The lowest BCUT2D eigenvalue weighted by atomic mass is 9.89. The SMILES string of the molecule is CN(C(=O)C(C)(C)C(=O)NC1CCCC1)C1CCS(=O)(=O)C1. The van der Waals surface area contributed by atoms with Gasteiger partial charge in [-0.1, -0.05) is 12.8 Å². The number of sulfone groups is 1. The smallest absolute Gasteiger partial charge is 0.237 e. The lowest BCUT2D eigenvalue weighted by Gasteiger charge is -2.32. The van der Waals surface area contributed by atoms with Gasteiger partial charge in [-0.2, -0.15) is 0 Å². The molecule has 2 rings (SSSR count). The molecule has 1 unspecified atom stereocenters. The summed E-state index contributed by atoms with van der Waals surface area (Å²) >= 11 is 0. The molecule has 1 aliphatic carbocycles. The Morgan fingerprint density at radius 1 is 1.14 bits per heavy atom. The van der Waals surface area contributed by atoms with Crippen molar-refractivity contribution in [1.82, 2.24) is 10.2 Å². The predicted molar refractivity (Wildman–Crippen MR) is 84.0 cm³/mol. The van der Waals surface area contributed by atoms with Gasteiger partial charge in [0.1, 0.15) is 5.41 Å². The predicted octanol–water partition coefficient (Wildman–Crippen LogP) is 0.717. The van der Waals surface area contributed by atoms with Crippen LogP contribution in [0.1, 0.15) is 46.0 Å². The lowest BCUT2D eigenvalue weighted by molar-refractivity contribution is -0.149. The molecule has 0 spiro atoms. The Labute approximate surface area is 132 Å². The maximum absolute atomic E-state index is 12.6. The molecule has 2 amide bonds. The largest absolute Gasteiger partial charge is 0.352 e. The Kier molecular flexibility index (Phi) is 4.84. The Bertz CT molecular complexity index is 550. The number of hydrogen-bond donors (Lipinski definition) is 1. The van der Waals surface area contributed by atoms with E-state index in [-0.39, 0.29) is 35.4 Å². The average molecular weight is 330 g/mol. The zero-order valence-electron chi connectivity index (χ0n) is 13.6. The number of nitrogens with zero attached hydrogens (tertiary/aromatic N) is 1. The van der Waals surface area contributed by atoms with Gasteiger partial charge in [0.25, 0.3) is 0 Å². The quantitative estimate of drug-likeness (QED) is 0.770. The zero-order valence-corrected chi connectivity index (χ0v) is 14.4. The van der Waals surface area contributed by atoms with E-state index < -0.39 is 15.3 Å². The van der Waals surface area contributed by atoms with Gasteiger partial charge in [-0.15, -0.1) is 0 Å². The van der Waals surface area contributed by atoms with Crippen LogP contribution in [-0.2, 0) is 19.4 Å². The molecule has 1 saturated heterocycles. The van der Waals surface area contributed by atoms with Gasteiger partial charge in [0.05, 0.1) is 11.5 Å². The molecule has 0 bridgehead atoms. The second-order valence-electron chi connectivity index (χ2n) is 7.05. The van der Waals surface area contributed by atoms with E-state index in [1.807, 2.05) is 0 Å². The second-order valence-corrected chi connectivity index (χ2v) is 9.28. The zero-order chi connectivity index (χ0) is 16.5. The van der Waals surface area contributed by atoms with Crippen LogP contribution in [0.15, 0.2) is 0 Å². The Balaban J connectivity index is 2.00. The third-order valence-electron chi connectivity index (χ3n) is 4.87. The lowest BCUT2D eigenvalue weighted by Crippen LogP contribution is -2.52. The van der Waals surface area contributed by atoms with E-state index in [1.165, 1.54) is 4.90 Å². The number of hydrogen-bond acceptors (Lipinski definition) is 4. The highest BCUT2D eigenvalue weighted by atomic mass is 32.2. The Morgan fingerprint density at radius 2 is 1.73 bits per heavy atom. The van der Waals surface area contributed by atoms with Crippen molar-refractivity contribution in [2.45, 2.75) is 58.0 Å². The van der Waals surface area contributed by atoms with Gasteiger partial charge in [0.15, 0.2) is 9.84 Å². The van der Waals surface area contributed by atoms with Gasteiger partial charge in [-0.25, -0.2) is 8.42 Å².